The zero-order chi connectivity index (χ0) is 19.9. The Morgan fingerprint density at radius 2 is 1.44 bits per heavy atom. The average Bonchev–Trinajstić information content (AvgIpc) is 2.76. The molecule has 0 aliphatic rings. The molecule has 0 aliphatic carbocycles. The molecule has 0 saturated heterocycles. The first-order valence-corrected chi connectivity index (χ1v) is 13.4. The second-order valence-corrected chi connectivity index (χ2v) is 5.08. The Morgan fingerprint density at radius 3 is 2.04 bits per heavy atom. The van der Waals surface area contributed by atoms with E-state index in [0.717, 1.165) is 22.6 Å². The Balaban J connectivity index is 0.000000855. The number of aliphatic imine (C=N–C) groups is 1. The maximum absolute atomic E-state index is 12.8. The fraction of sp³-hybridized carbons (Fsp3) is 0.174. The van der Waals surface area contributed by atoms with Crippen LogP contribution in [0.25, 0.3) is 0 Å². The van der Waals surface area contributed by atoms with Crippen LogP contribution in [0.1, 0.15) is 25.0 Å². The topological polar surface area (TPSA) is 21.6 Å². The van der Waals surface area contributed by atoms with Crippen molar-refractivity contribution in [2.45, 2.75) is 24.9 Å². The minimum absolute atomic E-state index is 0.260. The van der Waals surface area contributed by atoms with Gasteiger partial charge in [0.15, 0.2) is 0 Å². The van der Waals surface area contributed by atoms with Gasteiger partial charge in [0.05, 0.1) is 5.69 Å². The summed E-state index contributed by atoms with van der Waals surface area (Å²) in [4.78, 5) is 4.31. The molecule has 0 aliphatic heterocycles. The molecule has 138 valence electrons. The fourth-order valence-corrected chi connectivity index (χ4v) is 2.07. The molecule has 3 aromatic carbocycles. The number of nitrogens with zero attached hydrogens (tertiary/aromatic N) is 1. The van der Waals surface area contributed by atoms with Crippen LogP contribution in [0.4, 0.5) is 10.1 Å². The molecule has 0 saturated carbocycles. The van der Waals surface area contributed by atoms with Crippen LogP contribution < -0.4 is 4.74 Å². The van der Waals surface area contributed by atoms with Crippen LogP contribution in [0.2, 0.25) is 4.48 Å². The minimum atomic E-state index is -0.260. The van der Waals surface area contributed by atoms with E-state index in [4.69, 9.17) is 4.74 Å². The van der Waals surface area contributed by atoms with E-state index in [1.165, 1.54) is 37.9 Å². The Kier molecular flexibility index (Phi) is 12.0. The number of benzene rings is 3. The van der Waals surface area contributed by atoms with Crippen molar-refractivity contribution >= 4 is 37.7 Å². The van der Waals surface area contributed by atoms with Crippen molar-refractivity contribution in [3.05, 3.63) is 95.8 Å². The third-order valence-corrected chi connectivity index (χ3v) is 3.32. The van der Waals surface area contributed by atoms with Gasteiger partial charge < -0.3 is 4.74 Å². The van der Waals surface area contributed by atoms with Gasteiger partial charge in [-0.25, -0.2) is 4.39 Å². The van der Waals surface area contributed by atoms with E-state index in [9.17, 15) is 4.39 Å². The van der Waals surface area contributed by atoms with Gasteiger partial charge in [-0.3, -0.25) is 4.99 Å². The molecule has 0 atom stereocenters. The Hall–Kier alpha value is -2.02. The van der Waals surface area contributed by atoms with Crippen LogP contribution in [0.3, 0.4) is 0 Å². The van der Waals surface area contributed by atoms with Gasteiger partial charge in [0.1, 0.15) is 18.2 Å². The second kappa shape index (κ2) is 14.1. The molecule has 0 unspecified atom stereocenters. The molecular weight excluding hydrogens is 530 g/mol. The third-order valence-electron chi connectivity index (χ3n) is 3.32. The molecule has 0 spiro atoms. The number of ether oxygens (including phenoxy) is 1. The van der Waals surface area contributed by atoms with Crippen molar-refractivity contribution in [3.8, 4) is 5.75 Å². The normalized spacial score (nSPS) is 9.59. The first kappa shape index (κ1) is 23.0. The van der Waals surface area contributed by atoms with Gasteiger partial charge in [0, 0.05) is 6.21 Å². The van der Waals surface area contributed by atoms with Crippen molar-refractivity contribution in [1.29, 1.82) is 0 Å². The molecule has 0 heterocycles. The van der Waals surface area contributed by atoms with Crippen LogP contribution in [0.5, 0.6) is 5.75 Å². The SMILES string of the molecule is CC.Fc1ccc(N=Cc2ccc(OCc3ccccc3)cc2)cc1.[CH3][Tl]. The van der Waals surface area contributed by atoms with Gasteiger partial charge in [-0.05, 0) is 59.7 Å². The summed E-state index contributed by atoms with van der Waals surface area (Å²) in [6.45, 7) is 4.55. The summed E-state index contributed by atoms with van der Waals surface area (Å²) in [6.07, 6.45) is 1.74. The summed E-state index contributed by atoms with van der Waals surface area (Å²) in [5.41, 5.74) is 2.81. The molecule has 27 heavy (non-hydrogen) atoms. The average molecular weight is 555 g/mol. The Bertz CT molecular complexity index is 772. The monoisotopic (exact) mass is 555 g/mol. The van der Waals surface area contributed by atoms with Crippen molar-refractivity contribution < 1.29 is 9.13 Å². The van der Waals surface area contributed by atoms with Gasteiger partial charge in [0.25, 0.3) is 0 Å². The standard InChI is InChI=1S/C20H16FNO.C2H6.CH3.Tl/c21-18-8-10-19(11-9-18)22-14-16-6-12-20(13-7-16)23-15-17-4-2-1-3-5-17;1-2;;/h1-14H,15H2;1-2H3;1H3;. The molecule has 0 aromatic heterocycles. The van der Waals surface area contributed by atoms with Crippen LogP contribution in [0, 0.1) is 5.82 Å². The molecule has 0 bridgehead atoms. The van der Waals surface area contributed by atoms with E-state index in [1.807, 2.05) is 68.4 Å². The van der Waals surface area contributed by atoms with Crippen molar-refractivity contribution in [2.24, 2.45) is 4.99 Å². The van der Waals surface area contributed by atoms with E-state index in [-0.39, 0.29) is 5.82 Å². The van der Waals surface area contributed by atoms with E-state index in [0.29, 0.717) is 6.61 Å². The first-order valence-electron chi connectivity index (χ1n) is 8.94. The van der Waals surface area contributed by atoms with E-state index < -0.39 is 0 Å². The molecule has 2 nitrogen and oxygen atoms in total. The molecule has 3 aromatic rings. The number of hydrogen-bond donors (Lipinski definition) is 0. The van der Waals surface area contributed by atoms with Crippen LogP contribution in [-0.2, 0) is 6.61 Å². The number of hydrogen-bond acceptors (Lipinski definition) is 2. The van der Waals surface area contributed by atoms with E-state index in [2.05, 4.69) is 9.48 Å². The molecule has 4 heteroatoms. The molecule has 0 amide bonds. The Morgan fingerprint density at radius 1 is 0.852 bits per heavy atom. The van der Waals surface area contributed by atoms with Crippen molar-refractivity contribution in [1.82, 2.24) is 0 Å². The van der Waals surface area contributed by atoms with Gasteiger partial charge in [-0.15, -0.1) is 0 Å². The summed E-state index contributed by atoms with van der Waals surface area (Å²) in [7, 11) is 0. The van der Waals surface area contributed by atoms with Crippen molar-refractivity contribution in [2.75, 3.05) is 0 Å². The summed E-state index contributed by atoms with van der Waals surface area (Å²) >= 11 is 1.17. The first-order chi connectivity index (χ1) is 13.3. The van der Waals surface area contributed by atoms with Crippen LogP contribution in [0.15, 0.2) is 83.9 Å². The maximum atomic E-state index is 12.8. The third kappa shape index (κ3) is 8.95. The Labute approximate surface area is 177 Å². The summed E-state index contributed by atoms with van der Waals surface area (Å²) < 4.78 is 20.7. The molecule has 0 radical (unpaired) electrons. The van der Waals surface area contributed by atoms with Gasteiger partial charge in [-0.2, -0.15) is 0 Å². The molecule has 0 fully saturated rings. The van der Waals surface area contributed by atoms with Gasteiger partial charge in [0.2, 0.25) is 0 Å². The molecule has 3 rings (SSSR count). The predicted octanol–water partition coefficient (Wildman–Crippen LogP) is 6.38. The fourth-order valence-electron chi connectivity index (χ4n) is 2.07. The second-order valence-electron chi connectivity index (χ2n) is 5.08. The van der Waals surface area contributed by atoms with Crippen molar-refractivity contribution in [3.63, 3.8) is 0 Å². The van der Waals surface area contributed by atoms with Gasteiger partial charge in [-0.1, -0.05) is 44.2 Å². The van der Waals surface area contributed by atoms with E-state index in [1.54, 1.807) is 18.3 Å². The number of rotatable bonds is 5. The quantitative estimate of drug-likeness (QED) is 0.265. The van der Waals surface area contributed by atoms with Gasteiger partial charge >= 0.3 is 30.3 Å². The molecule has 0 N–H and O–H groups in total. The van der Waals surface area contributed by atoms with E-state index >= 15 is 0 Å². The van der Waals surface area contributed by atoms with Crippen LogP contribution in [-0.4, -0.2) is 32.0 Å². The summed E-state index contributed by atoms with van der Waals surface area (Å²) in [5.74, 6) is 0.552. The number of halogens is 1. The van der Waals surface area contributed by atoms with Crippen LogP contribution >= 0.6 is 0 Å². The summed E-state index contributed by atoms with van der Waals surface area (Å²) in [6, 6.07) is 23.8. The summed E-state index contributed by atoms with van der Waals surface area (Å²) in [5, 5.41) is 0. The predicted molar refractivity (Wildman–Crippen MR) is 114 cm³/mol. The zero-order valence-corrected chi connectivity index (χ0v) is 20.6. The molecular formula is C23H25FNOTl. The zero-order valence-electron chi connectivity index (χ0n) is 16.1.